The van der Waals surface area contributed by atoms with Gasteiger partial charge in [0.1, 0.15) is 34.6 Å². The van der Waals surface area contributed by atoms with Crippen molar-refractivity contribution in [2.24, 2.45) is 0 Å². The van der Waals surface area contributed by atoms with Crippen LogP contribution in [0.25, 0.3) is 33.4 Å². The number of hydrogen-bond donors (Lipinski definition) is 10. The summed E-state index contributed by atoms with van der Waals surface area (Å²) >= 11 is 0. The quantitative estimate of drug-likeness (QED) is 0.0177. The van der Waals surface area contributed by atoms with Gasteiger partial charge in [-0.3, -0.25) is 0 Å². The van der Waals surface area contributed by atoms with E-state index in [2.05, 4.69) is 386 Å². The lowest BCUT2D eigenvalue weighted by Gasteiger charge is -2.26. The summed E-state index contributed by atoms with van der Waals surface area (Å²) in [6, 6.07) is 94.7. The summed E-state index contributed by atoms with van der Waals surface area (Å²) in [7, 11) is -3.98. The summed E-state index contributed by atoms with van der Waals surface area (Å²) in [4.78, 5) is 0. The molecule has 13 aromatic rings. The van der Waals surface area contributed by atoms with E-state index in [-0.39, 0.29) is 47.8 Å². The van der Waals surface area contributed by atoms with Crippen LogP contribution < -0.4 is 100 Å². The number of phenols is 5. The minimum atomic E-state index is -1.63. The number of hydrogen-bond acceptors (Lipinski definition) is 10. The van der Waals surface area contributed by atoms with E-state index < -0.39 is 32.3 Å². The number of para-hydroxylation sites is 1. The second-order valence-corrected chi connectivity index (χ2v) is 71.5. The highest BCUT2D eigenvalue weighted by atomic mass is 31.1. The normalized spacial score (nSPS) is 12.6. The van der Waals surface area contributed by atoms with Crippen molar-refractivity contribution in [2.75, 3.05) is 0 Å². The first-order valence-corrected chi connectivity index (χ1v) is 66.6. The van der Waals surface area contributed by atoms with Crippen molar-refractivity contribution in [3.8, 4) is 62.1 Å². The predicted octanol–water partition coefficient (Wildman–Crippen LogP) is 22.2. The second kappa shape index (κ2) is 48.7. The largest absolute Gasteiger partial charge is 0.507 e. The van der Waals surface area contributed by atoms with E-state index >= 15 is 0 Å². The lowest BCUT2D eigenvalue weighted by atomic mass is 9.98. The first kappa shape index (κ1) is 111. The van der Waals surface area contributed by atoms with E-state index in [0.717, 1.165) is 96.6 Å². The molecule has 0 aliphatic rings. The summed E-state index contributed by atoms with van der Waals surface area (Å²) in [5.41, 5.74) is 13.9. The summed E-state index contributed by atoms with van der Waals surface area (Å²) in [6.07, 6.45) is 0. The average Bonchev–Trinajstić information content (AvgIpc) is 0.738. The Balaban J connectivity index is 0.000000192. The zero-order valence-electron chi connectivity index (χ0n) is 86.2. The highest BCUT2D eigenvalue weighted by Gasteiger charge is 2.30. The van der Waals surface area contributed by atoms with E-state index in [1.54, 1.807) is 6.07 Å². The van der Waals surface area contributed by atoms with Crippen LogP contribution in [0.15, 0.2) is 279 Å². The number of aromatic hydroxyl groups is 5. The predicted molar refractivity (Wildman–Crippen MR) is 617 cm³/mol. The van der Waals surface area contributed by atoms with Crippen LogP contribution in [0.5, 0.6) is 28.7 Å². The number of phenolic OH excluding ortho intramolecular Hbond substituents is 5. The average molecular weight is 1990 g/mol. The van der Waals surface area contributed by atoms with Gasteiger partial charge in [0.05, 0.1) is 32.3 Å². The second-order valence-electron chi connectivity index (χ2n) is 44.7. The Kier molecular flexibility index (Phi) is 39.8. The van der Waals surface area contributed by atoms with Crippen molar-refractivity contribution < 1.29 is 29.9 Å². The van der Waals surface area contributed by atoms with Gasteiger partial charge in [-0.25, -0.2) is 4.39 Å². The molecular weight excluding hydrogens is 1830 g/mol. The van der Waals surface area contributed by atoms with Crippen molar-refractivity contribution in [1.29, 1.82) is 0 Å². The van der Waals surface area contributed by atoms with Crippen LogP contribution in [-0.2, 0) is 32.7 Å². The molecule has 10 N–H and O–H groups in total. The van der Waals surface area contributed by atoms with Gasteiger partial charge in [0, 0.05) is 92.5 Å². The van der Waals surface area contributed by atoms with Gasteiger partial charge < -0.3 is 52.1 Å². The lowest BCUT2D eigenvalue weighted by Crippen LogP contribution is -2.47. The zero-order chi connectivity index (χ0) is 100. The van der Waals surface area contributed by atoms with Crippen LogP contribution in [0.4, 0.5) is 4.39 Å². The summed E-state index contributed by atoms with van der Waals surface area (Å²) < 4.78 is 14.1. The number of nitrogens with one attached hydrogen (secondary N) is 5. The molecule has 20 heteroatoms. The van der Waals surface area contributed by atoms with Gasteiger partial charge in [-0.05, 0) is 246 Å². The monoisotopic (exact) mass is 1980 g/mol. The molecule has 0 aliphatic heterocycles. The van der Waals surface area contributed by atoms with Gasteiger partial charge in [0.15, 0.2) is 0 Å². The third kappa shape index (κ3) is 36.0. The van der Waals surface area contributed by atoms with Crippen LogP contribution in [0.2, 0.25) is 78.6 Å². The molecule has 0 fully saturated rings. The Morgan fingerprint density at radius 2 is 0.574 bits per heavy atom. The van der Waals surface area contributed by atoms with Gasteiger partial charge >= 0.3 is 0 Å². The zero-order valence-corrected chi connectivity index (χ0v) is 95.2. The topological polar surface area (TPSA) is 161 Å². The van der Waals surface area contributed by atoms with Gasteiger partial charge in [-0.1, -0.05) is 374 Å². The van der Waals surface area contributed by atoms with Gasteiger partial charge in [-0.2, -0.15) is 0 Å². The first-order valence-electron chi connectivity index (χ1n) is 47.6. The Morgan fingerprint density at radius 3 is 1.01 bits per heavy atom. The minimum Gasteiger partial charge on any atom is -0.507 e. The summed E-state index contributed by atoms with van der Waals surface area (Å²) in [6.45, 7) is 66.5. The minimum absolute atomic E-state index is 0.0689. The maximum atomic E-state index is 14.1. The third-order valence-corrected chi connectivity index (χ3v) is 37.8. The fourth-order valence-electron chi connectivity index (χ4n) is 14.6. The molecule has 13 aromatic carbocycles. The molecule has 0 spiro atoms. The molecule has 136 heavy (non-hydrogen) atoms. The van der Waals surface area contributed by atoms with Crippen molar-refractivity contribution in [3.63, 3.8) is 0 Å². The summed E-state index contributed by atoms with van der Waals surface area (Å²) in [5.74, 6) is 1.85. The van der Waals surface area contributed by atoms with E-state index in [9.17, 15) is 29.9 Å². The molecule has 722 valence electrons. The van der Waals surface area contributed by atoms with Crippen molar-refractivity contribution in [1.82, 2.24) is 26.6 Å². The highest BCUT2D eigenvalue weighted by molar-refractivity contribution is 7.57. The molecule has 10 nitrogen and oxygen atoms in total. The van der Waals surface area contributed by atoms with Crippen LogP contribution >= 0.6 is 42.9 Å². The molecule has 0 saturated carbocycles. The molecule has 13 rings (SSSR count). The number of benzene rings is 13. The van der Waals surface area contributed by atoms with Gasteiger partial charge in [0.25, 0.3) is 0 Å². The van der Waals surface area contributed by atoms with E-state index in [0.29, 0.717) is 63.9 Å². The molecule has 0 amide bonds. The van der Waals surface area contributed by atoms with Crippen LogP contribution in [0.1, 0.15) is 137 Å². The number of halogens is 1. The highest BCUT2D eigenvalue weighted by Crippen LogP contribution is 2.37. The molecule has 0 aromatic heterocycles. The first-order chi connectivity index (χ1) is 63.4. The van der Waals surface area contributed by atoms with Crippen molar-refractivity contribution in [3.05, 3.63) is 318 Å². The van der Waals surface area contributed by atoms with Crippen LogP contribution in [0.3, 0.4) is 0 Å². The van der Waals surface area contributed by atoms with E-state index in [4.69, 9.17) is 0 Å². The standard InChI is InChI=1S/C29H29FNOP.C24H28NOP.C23H38NOPSi2.2C20H30NOPSi/c1-29(2,3)31-19-23-16-24(30)14-15-26(23)33-27-18-22(20-10-6-4-7-11-20)17-25(28(27)32)21-12-8-5-9-13-21;1-17-10-13-22(20(14-17)16-25-24(2,3)4)27-23-15-19(11-12-21(23)26)18-8-6-5-7-9-18;1-23(2,3)24-16-17-12-10-11-13-19(17)26-20-14-18(27(4,5)6)15-21(22(20)25)28(7,8)9;1-20(2,3)21-14-15-10-7-8-11-16(15)23-17-12-9-13-18(19(17)22)24(4,5)6;1-20(2,3)21-14-15-9-7-8-10-18(15)23-19-13-16(24(4,5)6)11-12-17(19)22/h4-18,31-33H,19H2,1-3H3;5-15,25-27H,16H2,1-4H3;10-15,24-26H,16H2,1-9H3;2*7-13,21-23H,14H2,1-6H3. The number of rotatable bonds is 27. The molecule has 0 radical (unpaired) electrons. The lowest BCUT2D eigenvalue weighted by molar-refractivity contribution is 0.424. The third-order valence-electron chi connectivity index (χ3n) is 22.7. The Labute approximate surface area is 829 Å². The molecule has 5 atom stereocenters. The van der Waals surface area contributed by atoms with Crippen LogP contribution in [-0.4, -0.2) is 85.5 Å². The van der Waals surface area contributed by atoms with E-state index in [1.165, 1.54) is 76.2 Å². The maximum Gasteiger partial charge on any atom is 0.131 e. The van der Waals surface area contributed by atoms with Crippen LogP contribution in [0, 0.1) is 12.7 Å². The summed E-state index contributed by atoms with van der Waals surface area (Å²) in [5, 5.41) is 88.2. The Bertz CT molecular complexity index is 6020. The molecule has 0 bridgehead atoms. The van der Waals surface area contributed by atoms with Gasteiger partial charge in [0.2, 0.25) is 0 Å². The van der Waals surface area contributed by atoms with E-state index in [1.807, 2.05) is 97.1 Å². The fraction of sp³-hybridized carbons (Fsp3) is 0.328. The Hall–Kier alpha value is -8.39. The van der Waals surface area contributed by atoms with Crippen molar-refractivity contribution >= 4 is 149 Å². The fourth-order valence-corrected chi connectivity index (χ4v) is 26.7. The molecular formula is C116H155FN5O5P5Si4. The van der Waals surface area contributed by atoms with Crippen molar-refractivity contribution in [2.45, 2.75) is 250 Å². The molecule has 5 unspecified atom stereocenters. The number of aryl methyl sites for hydroxylation is 1. The maximum absolute atomic E-state index is 14.1. The smallest absolute Gasteiger partial charge is 0.131 e. The van der Waals surface area contributed by atoms with Gasteiger partial charge in [-0.15, -0.1) is 0 Å². The Morgan fingerprint density at radius 1 is 0.243 bits per heavy atom. The molecule has 0 saturated heterocycles. The molecule has 0 heterocycles. The molecule has 0 aliphatic carbocycles. The SMILES string of the molecule is CC(C)(C)NCc1cc(F)ccc1Pc1cc(-c2ccccc2)cc(-c2ccccc2)c1O.CC(C)(C)NCc1ccccc1Pc1cc([Si](C)(C)C)cc([Si](C)(C)C)c1O.CC(C)(C)NCc1ccccc1Pc1cc([Si](C)(C)C)ccc1O.CC(C)(C)NCc1ccccc1Pc1cccc([Si](C)(C)C)c1O.Cc1ccc(Pc2cc(-c3ccccc3)ccc2O)c(CNC(C)(C)C)c1.